The largest absolute Gasteiger partial charge is 0.103 e. The van der Waals surface area contributed by atoms with Crippen LogP contribution in [-0.4, -0.2) is 0 Å². The first kappa shape index (κ1) is 42.8. The van der Waals surface area contributed by atoms with Crippen molar-refractivity contribution in [2.75, 3.05) is 0 Å². The number of unbranched alkanes of at least 4 members (excludes halogenated alkanes) is 1. The standard InChI is InChI=1S/C15H16.C12H16.2C11H10.C7H8/c1-11-4-7-14(8-5-11)15-9-6-12(2)10-13(15)3;1-3-4-5-6-12-9-7-11(2)8-10-12;2*1-9-5-4-7-10-6-2-3-8-11(9)10;1-7-5-3-2-4-6-7/h4-10H,1-3H3;3,7-10H,1,4-6H2,2H3;2*2-8H,1H3;2-6H,1H3. The molecule has 56 heavy (non-hydrogen) atoms. The van der Waals surface area contributed by atoms with Gasteiger partial charge in [-0.3, -0.25) is 0 Å². The number of hydrogen-bond donors (Lipinski definition) is 0. The Morgan fingerprint density at radius 2 is 0.839 bits per heavy atom. The van der Waals surface area contributed by atoms with Crippen LogP contribution < -0.4 is 0 Å². The summed E-state index contributed by atoms with van der Waals surface area (Å²) >= 11 is 0. The van der Waals surface area contributed by atoms with Crippen molar-refractivity contribution in [3.05, 3.63) is 239 Å². The van der Waals surface area contributed by atoms with Crippen molar-refractivity contribution in [2.45, 2.75) is 67.7 Å². The van der Waals surface area contributed by atoms with E-state index in [0.29, 0.717) is 0 Å². The zero-order valence-corrected chi connectivity index (χ0v) is 34.7. The maximum absolute atomic E-state index is 3.71. The van der Waals surface area contributed by atoms with E-state index in [2.05, 4.69) is 219 Å². The van der Waals surface area contributed by atoms with Crippen molar-refractivity contribution in [1.82, 2.24) is 0 Å². The van der Waals surface area contributed by atoms with Crippen LogP contribution >= 0.6 is 0 Å². The SMILES string of the molecule is C=CCCCc1ccc(C)cc1.Cc1ccc(-c2ccc(C)cc2C)cc1.Cc1cccc2ccccc12.Cc1cccc2ccccc12.Cc1ccccc1. The zero-order chi connectivity index (χ0) is 40.1. The van der Waals surface area contributed by atoms with Gasteiger partial charge >= 0.3 is 0 Å². The number of rotatable bonds is 5. The van der Waals surface area contributed by atoms with Gasteiger partial charge in [0.15, 0.2) is 0 Å². The molecule has 0 heterocycles. The van der Waals surface area contributed by atoms with Crippen molar-refractivity contribution in [2.24, 2.45) is 0 Å². The van der Waals surface area contributed by atoms with Crippen LogP contribution in [0.4, 0.5) is 0 Å². The molecular formula is C56H60. The Bertz CT molecular complexity index is 2260. The quantitative estimate of drug-likeness (QED) is 0.122. The average molecular weight is 733 g/mol. The van der Waals surface area contributed by atoms with Gasteiger partial charge in [0, 0.05) is 0 Å². The van der Waals surface area contributed by atoms with Crippen LogP contribution in [0.1, 0.15) is 57.3 Å². The highest BCUT2D eigenvalue weighted by molar-refractivity contribution is 5.86. The molecule has 0 amide bonds. The fourth-order valence-corrected chi connectivity index (χ4v) is 6.38. The van der Waals surface area contributed by atoms with Gasteiger partial charge in [-0.05, 0) is 123 Å². The van der Waals surface area contributed by atoms with E-state index in [1.807, 2.05) is 24.3 Å². The second kappa shape index (κ2) is 23.1. The molecule has 0 unspecified atom stereocenters. The summed E-state index contributed by atoms with van der Waals surface area (Å²) in [5.74, 6) is 0. The van der Waals surface area contributed by atoms with Crippen molar-refractivity contribution < 1.29 is 0 Å². The van der Waals surface area contributed by atoms with Gasteiger partial charge < -0.3 is 0 Å². The number of allylic oxidation sites excluding steroid dienone is 1. The van der Waals surface area contributed by atoms with Gasteiger partial charge in [-0.25, -0.2) is 0 Å². The normalized spacial score (nSPS) is 9.98. The van der Waals surface area contributed by atoms with Gasteiger partial charge in [-0.15, -0.1) is 6.58 Å². The Balaban J connectivity index is 0.000000158. The smallest absolute Gasteiger partial charge is 0.0155 e. The van der Waals surface area contributed by atoms with E-state index >= 15 is 0 Å². The maximum atomic E-state index is 3.71. The van der Waals surface area contributed by atoms with Crippen LogP contribution in [0.25, 0.3) is 32.7 Å². The summed E-state index contributed by atoms with van der Waals surface area (Å²) in [5.41, 5.74) is 13.4. The molecule has 8 aromatic rings. The van der Waals surface area contributed by atoms with E-state index in [9.17, 15) is 0 Å². The van der Waals surface area contributed by atoms with E-state index in [-0.39, 0.29) is 0 Å². The van der Waals surface area contributed by atoms with Gasteiger partial charge in [-0.1, -0.05) is 210 Å². The Morgan fingerprint density at radius 1 is 0.393 bits per heavy atom. The third-order valence-corrected chi connectivity index (χ3v) is 9.69. The molecule has 0 bridgehead atoms. The summed E-state index contributed by atoms with van der Waals surface area (Å²) in [6.07, 6.45) is 5.49. The molecule has 0 aliphatic carbocycles. The van der Waals surface area contributed by atoms with Gasteiger partial charge in [-0.2, -0.15) is 0 Å². The highest BCUT2D eigenvalue weighted by Gasteiger charge is 2.01. The van der Waals surface area contributed by atoms with Crippen molar-refractivity contribution >= 4 is 21.5 Å². The first-order valence-electron chi connectivity index (χ1n) is 19.9. The first-order chi connectivity index (χ1) is 27.1. The number of benzene rings is 8. The molecule has 0 fully saturated rings. The molecule has 0 atom stereocenters. The lowest BCUT2D eigenvalue weighted by Crippen LogP contribution is -1.84. The van der Waals surface area contributed by atoms with Gasteiger partial charge in [0.25, 0.3) is 0 Å². The number of hydrogen-bond acceptors (Lipinski definition) is 0. The minimum absolute atomic E-state index is 1.12. The molecule has 0 heteroatoms. The average Bonchev–Trinajstić information content (AvgIpc) is 3.21. The van der Waals surface area contributed by atoms with E-state index in [1.165, 1.54) is 90.0 Å². The van der Waals surface area contributed by atoms with Crippen LogP contribution in [-0.2, 0) is 6.42 Å². The molecule has 0 aliphatic rings. The van der Waals surface area contributed by atoms with Crippen LogP contribution in [0.15, 0.2) is 195 Å². The molecule has 0 spiro atoms. The van der Waals surface area contributed by atoms with E-state index in [0.717, 1.165) is 6.42 Å². The second-order valence-electron chi connectivity index (χ2n) is 14.6. The summed E-state index contributed by atoms with van der Waals surface area (Å²) in [4.78, 5) is 0. The van der Waals surface area contributed by atoms with Gasteiger partial charge in [0.1, 0.15) is 0 Å². The topological polar surface area (TPSA) is 0 Å². The van der Waals surface area contributed by atoms with Crippen LogP contribution in [0.3, 0.4) is 0 Å². The van der Waals surface area contributed by atoms with Gasteiger partial charge in [0.05, 0.1) is 0 Å². The predicted molar refractivity (Wildman–Crippen MR) is 249 cm³/mol. The van der Waals surface area contributed by atoms with E-state index in [1.54, 1.807) is 0 Å². The minimum atomic E-state index is 1.12. The Labute approximate surface area is 338 Å². The number of fused-ring (bicyclic) bond motifs is 2. The van der Waals surface area contributed by atoms with Crippen LogP contribution in [0.5, 0.6) is 0 Å². The molecule has 0 N–H and O–H groups in total. The Morgan fingerprint density at radius 3 is 1.30 bits per heavy atom. The predicted octanol–water partition coefficient (Wildman–Crippen LogP) is 16.1. The third-order valence-electron chi connectivity index (χ3n) is 9.69. The zero-order valence-electron chi connectivity index (χ0n) is 34.7. The lowest BCUT2D eigenvalue weighted by atomic mass is 9.98. The lowest BCUT2D eigenvalue weighted by molar-refractivity contribution is 0.844. The molecular weight excluding hydrogens is 673 g/mol. The fraction of sp³-hybridized carbons (Fsp3) is 0.179. The van der Waals surface area contributed by atoms with Crippen LogP contribution in [0.2, 0.25) is 0 Å². The van der Waals surface area contributed by atoms with Crippen molar-refractivity contribution in [3.8, 4) is 11.1 Å². The van der Waals surface area contributed by atoms with E-state index in [4.69, 9.17) is 0 Å². The molecule has 0 radical (unpaired) electrons. The summed E-state index contributed by atoms with van der Waals surface area (Å²) < 4.78 is 0. The second-order valence-corrected chi connectivity index (χ2v) is 14.6. The van der Waals surface area contributed by atoms with Crippen molar-refractivity contribution in [1.29, 1.82) is 0 Å². The molecule has 0 aliphatic heterocycles. The molecule has 0 aromatic heterocycles. The highest BCUT2D eigenvalue weighted by Crippen LogP contribution is 2.24. The fourth-order valence-electron chi connectivity index (χ4n) is 6.38. The molecule has 284 valence electrons. The summed E-state index contributed by atoms with van der Waals surface area (Å²) in [6, 6.07) is 64.0. The minimum Gasteiger partial charge on any atom is -0.103 e. The van der Waals surface area contributed by atoms with E-state index < -0.39 is 0 Å². The highest BCUT2D eigenvalue weighted by atomic mass is 14.1. The maximum Gasteiger partial charge on any atom is -0.0155 e. The molecule has 0 nitrogen and oxygen atoms in total. The van der Waals surface area contributed by atoms with Crippen LogP contribution in [0, 0.1) is 48.5 Å². The monoisotopic (exact) mass is 732 g/mol. The Kier molecular flexibility index (Phi) is 17.6. The summed E-state index contributed by atoms with van der Waals surface area (Å²) in [5, 5.41) is 5.37. The summed E-state index contributed by atoms with van der Waals surface area (Å²) in [7, 11) is 0. The first-order valence-corrected chi connectivity index (χ1v) is 19.9. The third kappa shape index (κ3) is 14.3. The summed E-state index contributed by atoms with van der Waals surface area (Å²) in [6.45, 7) is 18.6. The molecule has 8 rings (SSSR count). The van der Waals surface area contributed by atoms with Gasteiger partial charge in [0.2, 0.25) is 0 Å². The Hall–Kier alpha value is -5.98. The van der Waals surface area contributed by atoms with Crippen molar-refractivity contribution in [3.63, 3.8) is 0 Å². The molecule has 0 saturated heterocycles. The number of aryl methyl sites for hydroxylation is 8. The molecule has 8 aromatic carbocycles. The lowest BCUT2D eigenvalue weighted by Gasteiger charge is -2.07. The molecule has 0 saturated carbocycles.